The smallest absolute Gasteiger partial charge is 0.314 e. The van der Waals surface area contributed by atoms with Crippen molar-refractivity contribution in [3.8, 4) is 5.75 Å². The second-order valence-corrected chi connectivity index (χ2v) is 4.63. The molecule has 102 valence electrons. The molecule has 6 heteroatoms. The van der Waals surface area contributed by atoms with Gasteiger partial charge >= 0.3 is 5.69 Å². The van der Waals surface area contributed by atoms with Crippen LogP contribution in [0.3, 0.4) is 0 Å². The van der Waals surface area contributed by atoms with Gasteiger partial charge in [0.15, 0.2) is 0 Å². The SMILES string of the molecule is Cc1ccnc(NC2COc3ccccc32)c1[N+](=O)[O-]. The Bertz CT molecular complexity index is 672. The van der Waals surface area contributed by atoms with E-state index in [1.807, 2.05) is 24.3 Å². The number of nitrogens with zero attached hydrogens (tertiary/aromatic N) is 2. The van der Waals surface area contributed by atoms with E-state index >= 15 is 0 Å². The van der Waals surface area contributed by atoms with E-state index < -0.39 is 4.92 Å². The summed E-state index contributed by atoms with van der Waals surface area (Å²) in [6.45, 7) is 2.14. The van der Waals surface area contributed by atoms with Crippen LogP contribution >= 0.6 is 0 Å². The zero-order valence-electron chi connectivity index (χ0n) is 10.9. The quantitative estimate of drug-likeness (QED) is 0.686. The molecule has 3 rings (SSSR count). The van der Waals surface area contributed by atoms with Crippen LogP contribution in [0, 0.1) is 17.0 Å². The number of hydrogen-bond donors (Lipinski definition) is 1. The molecule has 2 heterocycles. The molecule has 1 N–H and O–H groups in total. The number of pyridine rings is 1. The largest absolute Gasteiger partial charge is 0.491 e. The first kappa shape index (κ1) is 12.4. The van der Waals surface area contributed by atoms with Crippen molar-refractivity contribution in [2.75, 3.05) is 11.9 Å². The van der Waals surface area contributed by atoms with Gasteiger partial charge < -0.3 is 10.1 Å². The summed E-state index contributed by atoms with van der Waals surface area (Å²) < 4.78 is 5.55. The minimum Gasteiger partial charge on any atom is -0.491 e. The number of rotatable bonds is 3. The van der Waals surface area contributed by atoms with Crippen LogP contribution < -0.4 is 10.1 Å². The lowest BCUT2D eigenvalue weighted by molar-refractivity contribution is -0.384. The van der Waals surface area contributed by atoms with Gasteiger partial charge in [0.05, 0.1) is 11.0 Å². The molecule has 0 aliphatic carbocycles. The number of benzene rings is 1. The molecule has 1 aliphatic rings. The highest BCUT2D eigenvalue weighted by Gasteiger charge is 2.27. The average molecular weight is 271 g/mol. The number of para-hydroxylation sites is 1. The maximum atomic E-state index is 11.2. The van der Waals surface area contributed by atoms with Gasteiger partial charge in [0.1, 0.15) is 12.4 Å². The van der Waals surface area contributed by atoms with Gasteiger partial charge in [-0.3, -0.25) is 10.1 Å². The van der Waals surface area contributed by atoms with Gasteiger partial charge in [0.2, 0.25) is 5.82 Å². The summed E-state index contributed by atoms with van der Waals surface area (Å²) in [4.78, 5) is 14.8. The standard InChI is InChI=1S/C14H13N3O3/c1-9-6-7-15-14(13(9)17(18)19)16-11-8-20-12-5-3-2-4-10(11)12/h2-7,11H,8H2,1H3,(H,15,16). The fourth-order valence-electron chi connectivity index (χ4n) is 2.33. The molecule has 1 aliphatic heterocycles. The molecule has 1 atom stereocenters. The van der Waals surface area contributed by atoms with Gasteiger partial charge in [0, 0.05) is 17.3 Å². The fourth-order valence-corrected chi connectivity index (χ4v) is 2.33. The topological polar surface area (TPSA) is 77.3 Å². The molecule has 1 aromatic carbocycles. The lowest BCUT2D eigenvalue weighted by Gasteiger charge is -2.13. The van der Waals surface area contributed by atoms with E-state index in [0.29, 0.717) is 12.2 Å². The maximum Gasteiger partial charge on any atom is 0.314 e. The summed E-state index contributed by atoms with van der Waals surface area (Å²) in [5, 5.41) is 14.3. The van der Waals surface area contributed by atoms with Crippen molar-refractivity contribution < 1.29 is 9.66 Å². The Morgan fingerprint density at radius 3 is 3.00 bits per heavy atom. The van der Waals surface area contributed by atoms with Crippen LogP contribution in [-0.4, -0.2) is 16.5 Å². The summed E-state index contributed by atoms with van der Waals surface area (Å²) in [6, 6.07) is 9.15. The van der Waals surface area contributed by atoms with Crippen LogP contribution in [-0.2, 0) is 0 Å². The number of ether oxygens (including phenoxy) is 1. The molecule has 20 heavy (non-hydrogen) atoms. The third-order valence-corrected chi connectivity index (χ3v) is 3.32. The first-order valence-electron chi connectivity index (χ1n) is 6.25. The van der Waals surface area contributed by atoms with Gasteiger partial charge in [-0.05, 0) is 19.1 Å². The summed E-state index contributed by atoms with van der Waals surface area (Å²) >= 11 is 0. The summed E-state index contributed by atoms with van der Waals surface area (Å²) in [6.07, 6.45) is 1.56. The molecule has 2 aromatic rings. The maximum absolute atomic E-state index is 11.2. The minimum absolute atomic E-state index is 0.0110. The van der Waals surface area contributed by atoms with E-state index in [1.165, 1.54) is 0 Å². The predicted molar refractivity (Wildman–Crippen MR) is 73.9 cm³/mol. The van der Waals surface area contributed by atoms with Crippen molar-refractivity contribution in [2.24, 2.45) is 0 Å². The molecule has 6 nitrogen and oxygen atoms in total. The van der Waals surface area contributed by atoms with E-state index in [-0.39, 0.29) is 17.5 Å². The van der Waals surface area contributed by atoms with Crippen LogP contribution in [0.2, 0.25) is 0 Å². The summed E-state index contributed by atoms with van der Waals surface area (Å²) in [5.74, 6) is 1.08. The number of nitro groups is 1. The van der Waals surface area contributed by atoms with Crippen LogP contribution in [0.1, 0.15) is 17.2 Å². The Hall–Kier alpha value is -2.63. The Morgan fingerprint density at radius 2 is 2.20 bits per heavy atom. The Labute approximate surface area is 115 Å². The molecule has 0 fully saturated rings. The normalized spacial score (nSPS) is 16.4. The molecular formula is C14H13N3O3. The van der Waals surface area contributed by atoms with E-state index in [2.05, 4.69) is 10.3 Å². The molecular weight excluding hydrogens is 258 g/mol. The highest BCUT2D eigenvalue weighted by molar-refractivity contribution is 5.61. The van der Waals surface area contributed by atoms with Gasteiger partial charge in [-0.25, -0.2) is 4.98 Å². The van der Waals surface area contributed by atoms with E-state index in [9.17, 15) is 10.1 Å². The van der Waals surface area contributed by atoms with Crippen LogP contribution in [0.15, 0.2) is 36.5 Å². The highest BCUT2D eigenvalue weighted by atomic mass is 16.6. The number of anilines is 1. The van der Waals surface area contributed by atoms with Crippen LogP contribution in [0.25, 0.3) is 0 Å². The Morgan fingerprint density at radius 1 is 1.40 bits per heavy atom. The van der Waals surface area contributed by atoms with Gasteiger partial charge in [-0.1, -0.05) is 18.2 Å². The highest BCUT2D eigenvalue weighted by Crippen LogP contribution is 2.36. The van der Waals surface area contributed by atoms with Crippen molar-refractivity contribution in [2.45, 2.75) is 13.0 Å². The van der Waals surface area contributed by atoms with Gasteiger partial charge in [-0.15, -0.1) is 0 Å². The third kappa shape index (κ3) is 2.05. The van der Waals surface area contributed by atoms with Crippen LogP contribution in [0.5, 0.6) is 5.75 Å². The summed E-state index contributed by atoms with van der Waals surface area (Å²) in [5.41, 5.74) is 1.58. The molecule has 0 spiro atoms. The summed E-state index contributed by atoms with van der Waals surface area (Å²) in [7, 11) is 0. The van der Waals surface area contributed by atoms with Crippen molar-refractivity contribution in [1.29, 1.82) is 0 Å². The number of fused-ring (bicyclic) bond motifs is 1. The lowest BCUT2D eigenvalue weighted by Crippen LogP contribution is -2.14. The molecule has 0 saturated carbocycles. The van der Waals surface area contributed by atoms with Crippen molar-refractivity contribution in [1.82, 2.24) is 4.98 Å². The second kappa shape index (κ2) is 4.80. The number of aryl methyl sites for hydroxylation is 1. The average Bonchev–Trinajstić information content (AvgIpc) is 2.82. The molecule has 1 unspecified atom stereocenters. The third-order valence-electron chi connectivity index (χ3n) is 3.32. The Kier molecular flexibility index (Phi) is 2.98. The number of nitrogens with one attached hydrogen (secondary N) is 1. The van der Waals surface area contributed by atoms with Crippen molar-refractivity contribution >= 4 is 11.5 Å². The number of aromatic nitrogens is 1. The van der Waals surface area contributed by atoms with Gasteiger partial charge in [-0.2, -0.15) is 0 Å². The zero-order valence-corrected chi connectivity index (χ0v) is 10.9. The molecule has 0 saturated heterocycles. The first-order chi connectivity index (χ1) is 9.66. The minimum atomic E-state index is -0.410. The van der Waals surface area contributed by atoms with Gasteiger partial charge in [0.25, 0.3) is 0 Å². The molecule has 0 amide bonds. The monoisotopic (exact) mass is 271 g/mol. The fraction of sp³-hybridized carbons (Fsp3) is 0.214. The van der Waals surface area contributed by atoms with Crippen LogP contribution in [0.4, 0.5) is 11.5 Å². The van der Waals surface area contributed by atoms with E-state index in [4.69, 9.17) is 4.74 Å². The molecule has 1 aromatic heterocycles. The van der Waals surface area contributed by atoms with Crippen molar-refractivity contribution in [3.05, 3.63) is 57.8 Å². The first-order valence-corrected chi connectivity index (χ1v) is 6.25. The zero-order chi connectivity index (χ0) is 14.1. The number of hydrogen-bond acceptors (Lipinski definition) is 5. The molecule has 0 radical (unpaired) electrons. The van der Waals surface area contributed by atoms with E-state index in [1.54, 1.807) is 19.2 Å². The molecule has 0 bridgehead atoms. The van der Waals surface area contributed by atoms with Crippen molar-refractivity contribution in [3.63, 3.8) is 0 Å². The predicted octanol–water partition coefficient (Wildman–Crippen LogP) is 2.84. The lowest BCUT2D eigenvalue weighted by atomic mass is 10.1. The second-order valence-electron chi connectivity index (χ2n) is 4.63. The Balaban J connectivity index is 1.94. The van der Waals surface area contributed by atoms with E-state index in [0.717, 1.165) is 11.3 Å².